The van der Waals surface area contributed by atoms with E-state index >= 15 is 0 Å². The topological polar surface area (TPSA) is 88.0 Å². The van der Waals surface area contributed by atoms with E-state index in [1.165, 1.54) is 42.3 Å². The zero-order chi connectivity index (χ0) is 28.4. The van der Waals surface area contributed by atoms with Crippen molar-refractivity contribution in [2.75, 3.05) is 23.7 Å². The Morgan fingerprint density at radius 3 is 2.41 bits per heavy atom. The monoisotopic (exact) mass is 561 g/mol. The Morgan fingerprint density at radius 1 is 0.902 bits per heavy atom. The number of para-hydroxylation sites is 1. The summed E-state index contributed by atoms with van der Waals surface area (Å²) in [6.07, 6.45) is 3.20. The third-order valence-corrected chi connectivity index (χ3v) is 7.73. The first kappa shape index (κ1) is 26.9. The fraction of sp³-hybridized carbons (Fsp3) is 0.333. The van der Waals surface area contributed by atoms with Crippen molar-refractivity contribution in [3.8, 4) is 5.69 Å². The summed E-state index contributed by atoms with van der Waals surface area (Å²) in [6.45, 7) is 2.32. The molecule has 2 N–H and O–H groups in total. The van der Waals surface area contributed by atoms with E-state index in [0.29, 0.717) is 17.4 Å². The molecule has 3 heterocycles. The molecule has 0 saturated carbocycles. The molecule has 1 atom stereocenters. The number of nitrogens with zero attached hydrogens (tertiary/aromatic N) is 5. The number of rotatable bonds is 6. The van der Waals surface area contributed by atoms with Crippen molar-refractivity contribution in [3.05, 3.63) is 89.5 Å². The predicted octanol–water partition coefficient (Wildman–Crippen LogP) is 6.02. The summed E-state index contributed by atoms with van der Waals surface area (Å²) >= 11 is 0. The quantitative estimate of drug-likeness (QED) is 0.280. The molecule has 2 aliphatic rings. The fourth-order valence-electron chi connectivity index (χ4n) is 5.65. The van der Waals surface area contributed by atoms with Gasteiger partial charge in [-0.25, -0.2) is 0 Å². The molecule has 1 saturated heterocycles. The lowest BCUT2D eigenvalue weighted by molar-refractivity contribution is -0.144. The van der Waals surface area contributed by atoms with Crippen molar-refractivity contribution in [1.29, 1.82) is 0 Å². The van der Waals surface area contributed by atoms with Gasteiger partial charge in [-0.3, -0.25) is 9.78 Å². The number of likely N-dealkylation sites (tertiary alicyclic amines) is 1. The SMILES string of the molecule is O=C(Nc1ccccc1)c1cc(-n2nc(C(F)(F)F)nc2Nc2ccc3c(c2)CCC(N2CCCC2)CC3)ccn1. The van der Waals surface area contributed by atoms with Crippen LogP contribution in [0.15, 0.2) is 66.9 Å². The minimum atomic E-state index is -4.75. The molecule has 2 aromatic carbocycles. The maximum absolute atomic E-state index is 13.7. The number of carbonyl (C=O) groups is 1. The predicted molar refractivity (Wildman–Crippen MR) is 150 cm³/mol. The van der Waals surface area contributed by atoms with E-state index in [0.717, 1.165) is 43.5 Å². The standard InChI is InChI=1S/C30H30F3N7O/c31-30(32,33)28-37-29(36-23-11-8-20-9-12-24(13-10-21(20)18-23)39-16-4-5-17-39)40(38-28)25-14-15-34-26(19-25)27(41)35-22-6-2-1-3-7-22/h1-3,6-8,11,14-15,18-19,24H,4-5,9-10,12-13,16-17H2,(H,35,41)(H,36,37,38). The molecule has 1 unspecified atom stereocenters. The number of hydrogen-bond acceptors (Lipinski definition) is 6. The number of carbonyl (C=O) groups excluding carboxylic acids is 1. The van der Waals surface area contributed by atoms with Crippen LogP contribution in [0.1, 0.15) is 53.1 Å². The largest absolute Gasteiger partial charge is 0.453 e. The number of alkyl halides is 3. The molecule has 1 fully saturated rings. The number of benzene rings is 2. The average molecular weight is 562 g/mol. The van der Waals surface area contributed by atoms with E-state index in [9.17, 15) is 18.0 Å². The van der Waals surface area contributed by atoms with Gasteiger partial charge in [0.2, 0.25) is 5.95 Å². The molecule has 2 aromatic heterocycles. The Morgan fingerprint density at radius 2 is 1.66 bits per heavy atom. The van der Waals surface area contributed by atoms with Crippen molar-refractivity contribution in [2.24, 2.45) is 0 Å². The first-order valence-corrected chi connectivity index (χ1v) is 13.8. The van der Waals surface area contributed by atoms with Gasteiger partial charge in [0.25, 0.3) is 11.7 Å². The van der Waals surface area contributed by atoms with Crippen molar-refractivity contribution < 1.29 is 18.0 Å². The van der Waals surface area contributed by atoms with Gasteiger partial charge in [0.05, 0.1) is 5.69 Å². The molecule has 6 rings (SSSR count). The van der Waals surface area contributed by atoms with Gasteiger partial charge in [-0.1, -0.05) is 24.3 Å². The van der Waals surface area contributed by atoms with Gasteiger partial charge >= 0.3 is 6.18 Å². The number of aromatic nitrogens is 4. The second-order valence-corrected chi connectivity index (χ2v) is 10.5. The van der Waals surface area contributed by atoms with Gasteiger partial charge in [-0.05, 0) is 99.1 Å². The lowest BCUT2D eigenvalue weighted by Gasteiger charge is -2.25. The first-order chi connectivity index (χ1) is 19.8. The lowest BCUT2D eigenvalue weighted by Crippen LogP contribution is -2.32. The average Bonchev–Trinajstić information content (AvgIpc) is 3.61. The highest BCUT2D eigenvalue weighted by atomic mass is 19.4. The highest BCUT2D eigenvalue weighted by Gasteiger charge is 2.37. The van der Waals surface area contributed by atoms with Crippen LogP contribution in [0.25, 0.3) is 5.69 Å². The number of halogens is 3. The van der Waals surface area contributed by atoms with Crippen molar-refractivity contribution >= 4 is 23.2 Å². The maximum Gasteiger partial charge on any atom is 0.453 e. The fourth-order valence-corrected chi connectivity index (χ4v) is 5.65. The number of pyridine rings is 1. The van der Waals surface area contributed by atoms with Crippen LogP contribution in [0.4, 0.5) is 30.5 Å². The molecule has 0 radical (unpaired) electrons. The van der Waals surface area contributed by atoms with Crippen LogP contribution in [0, 0.1) is 0 Å². The minimum Gasteiger partial charge on any atom is -0.324 e. The van der Waals surface area contributed by atoms with Crippen LogP contribution in [-0.2, 0) is 19.0 Å². The molecule has 41 heavy (non-hydrogen) atoms. The summed E-state index contributed by atoms with van der Waals surface area (Å²) in [5, 5.41) is 9.52. The summed E-state index contributed by atoms with van der Waals surface area (Å²) in [4.78, 5) is 23.3. The zero-order valence-corrected chi connectivity index (χ0v) is 22.4. The Labute approximate surface area is 235 Å². The second kappa shape index (κ2) is 11.3. The van der Waals surface area contributed by atoms with Crippen molar-refractivity contribution in [1.82, 2.24) is 24.6 Å². The molecule has 8 nitrogen and oxygen atoms in total. The zero-order valence-electron chi connectivity index (χ0n) is 22.4. The van der Waals surface area contributed by atoms with E-state index in [1.807, 2.05) is 24.3 Å². The van der Waals surface area contributed by atoms with Gasteiger partial charge < -0.3 is 15.5 Å². The molecule has 0 bridgehead atoms. The van der Waals surface area contributed by atoms with Crippen LogP contribution in [0.2, 0.25) is 0 Å². The number of amides is 1. The van der Waals surface area contributed by atoms with Crippen LogP contribution in [0.5, 0.6) is 0 Å². The summed E-state index contributed by atoms with van der Waals surface area (Å²) in [5.74, 6) is -1.89. The van der Waals surface area contributed by atoms with Gasteiger partial charge in [-0.15, -0.1) is 5.10 Å². The number of hydrogen-bond donors (Lipinski definition) is 2. The second-order valence-electron chi connectivity index (χ2n) is 10.5. The third kappa shape index (κ3) is 6.09. The maximum atomic E-state index is 13.7. The molecular weight excluding hydrogens is 531 g/mol. The Kier molecular flexibility index (Phi) is 7.44. The van der Waals surface area contributed by atoms with Crippen LogP contribution >= 0.6 is 0 Å². The molecule has 1 amide bonds. The molecule has 1 aliphatic heterocycles. The third-order valence-electron chi connectivity index (χ3n) is 7.73. The van der Waals surface area contributed by atoms with Crippen molar-refractivity contribution in [2.45, 2.75) is 50.7 Å². The molecular formula is C30H30F3N7O. The van der Waals surface area contributed by atoms with Crippen LogP contribution in [-0.4, -0.2) is 49.7 Å². The highest BCUT2D eigenvalue weighted by molar-refractivity contribution is 6.03. The van der Waals surface area contributed by atoms with E-state index < -0.39 is 17.9 Å². The van der Waals surface area contributed by atoms with Crippen LogP contribution < -0.4 is 10.6 Å². The van der Waals surface area contributed by atoms with E-state index in [4.69, 9.17) is 0 Å². The van der Waals surface area contributed by atoms with Gasteiger partial charge in [-0.2, -0.15) is 22.8 Å². The first-order valence-electron chi connectivity index (χ1n) is 13.8. The minimum absolute atomic E-state index is 0.0268. The summed E-state index contributed by atoms with van der Waals surface area (Å²) in [7, 11) is 0. The Balaban J connectivity index is 1.26. The number of fused-ring (bicyclic) bond motifs is 1. The number of nitrogens with one attached hydrogen (secondary N) is 2. The summed E-state index contributed by atoms with van der Waals surface area (Å²) in [5.41, 5.74) is 3.91. The van der Waals surface area contributed by atoms with Crippen molar-refractivity contribution in [3.63, 3.8) is 0 Å². The van der Waals surface area contributed by atoms with Gasteiger partial charge in [0, 0.05) is 23.6 Å². The van der Waals surface area contributed by atoms with E-state index in [-0.39, 0.29) is 17.3 Å². The van der Waals surface area contributed by atoms with E-state index in [2.05, 4.69) is 30.6 Å². The normalized spacial score (nSPS) is 17.6. The molecule has 11 heteroatoms. The number of anilines is 3. The van der Waals surface area contributed by atoms with Gasteiger partial charge in [0.15, 0.2) is 0 Å². The molecule has 0 spiro atoms. The molecule has 4 aromatic rings. The van der Waals surface area contributed by atoms with Gasteiger partial charge in [0.1, 0.15) is 5.69 Å². The molecule has 212 valence electrons. The Bertz CT molecular complexity index is 1530. The van der Waals surface area contributed by atoms with E-state index in [1.54, 1.807) is 24.3 Å². The molecule has 1 aliphatic carbocycles. The number of aryl methyl sites for hydroxylation is 2. The lowest BCUT2D eigenvalue weighted by atomic mass is 10.0. The smallest absolute Gasteiger partial charge is 0.324 e. The highest BCUT2D eigenvalue weighted by Crippen LogP contribution is 2.32. The summed E-state index contributed by atoms with van der Waals surface area (Å²) < 4.78 is 42.1. The van der Waals surface area contributed by atoms with Crippen LogP contribution in [0.3, 0.4) is 0 Å². The Hall–Kier alpha value is -4.25. The summed E-state index contributed by atoms with van der Waals surface area (Å²) in [6, 6.07) is 18.2.